The zero-order valence-corrected chi connectivity index (χ0v) is 21.2. The van der Waals surface area contributed by atoms with E-state index >= 15 is 0 Å². The Bertz CT molecular complexity index is 1330. The van der Waals surface area contributed by atoms with E-state index in [1.54, 1.807) is 19.3 Å². The summed E-state index contributed by atoms with van der Waals surface area (Å²) in [4.78, 5) is 44.6. The van der Waals surface area contributed by atoms with Gasteiger partial charge in [-0.15, -0.1) is 0 Å². The van der Waals surface area contributed by atoms with E-state index in [1.807, 2.05) is 23.1 Å². The lowest BCUT2D eigenvalue weighted by Crippen LogP contribution is -2.43. The van der Waals surface area contributed by atoms with E-state index in [-0.39, 0.29) is 35.6 Å². The van der Waals surface area contributed by atoms with Gasteiger partial charge in [-0.05, 0) is 55.9 Å². The number of nitrogens with zero attached hydrogens (tertiary/aromatic N) is 3. The van der Waals surface area contributed by atoms with Gasteiger partial charge in [0, 0.05) is 49.2 Å². The summed E-state index contributed by atoms with van der Waals surface area (Å²) in [5, 5.41) is 13.4. The molecule has 10 heteroatoms. The van der Waals surface area contributed by atoms with Crippen molar-refractivity contribution >= 4 is 28.6 Å². The third-order valence-electron chi connectivity index (χ3n) is 7.40. The maximum Gasteiger partial charge on any atom is 0.272 e. The first-order valence-corrected chi connectivity index (χ1v) is 12.8. The summed E-state index contributed by atoms with van der Waals surface area (Å²) < 4.78 is 5.39. The van der Waals surface area contributed by atoms with Crippen LogP contribution in [-0.2, 0) is 4.79 Å². The highest BCUT2D eigenvalue weighted by molar-refractivity contribution is 6.05. The van der Waals surface area contributed by atoms with Crippen LogP contribution in [0.2, 0.25) is 0 Å². The lowest BCUT2D eigenvalue weighted by molar-refractivity contribution is -0.135. The van der Waals surface area contributed by atoms with Crippen LogP contribution in [0.4, 0.5) is 0 Å². The van der Waals surface area contributed by atoms with Crippen LogP contribution in [-0.4, -0.2) is 71.1 Å². The number of aromatic nitrogens is 3. The van der Waals surface area contributed by atoms with Gasteiger partial charge in [0.05, 0.1) is 12.6 Å². The second-order valence-corrected chi connectivity index (χ2v) is 9.76. The average molecular weight is 505 g/mol. The quantitative estimate of drug-likeness (QED) is 0.473. The topological polar surface area (TPSA) is 129 Å². The fraction of sp³-hybridized carbons (Fsp3) is 0.444. The predicted molar refractivity (Wildman–Crippen MR) is 138 cm³/mol. The standard InChI is InChI=1S/C27H32N6O4/c1-28-25(35)23-20-9-8-16(14-22(20)31-32-23)18-13-21(26(37-2)29-15-18)24(34)30-19-7-5-6-17(12-19)27(36)33-10-3-4-11-33/h8-9,13-15,17,19H,3-7,10-12H2,1-2H3,(H,28,35)(H,30,34)(H,31,32). The molecule has 0 bridgehead atoms. The molecule has 1 aromatic carbocycles. The number of fused-ring (bicyclic) bond motifs is 1. The lowest BCUT2D eigenvalue weighted by atomic mass is 9.84. The van der Waals surface area contributed by atoms with Crippen LogP contribution in [0.1, 0.15) is 59.4 Å². The minimum Gasteiger partial charge on any atom is -0.480 e. The van der Waals surface area contributed by atoms with Crippen molar-refractivity contribution in [2.75, 3.05) is 27.2 Å². The van der Waals surface area contributed by atoms with Gasteiger partial charge in [-0.25, -0.2) is 4.98 Å². The minimum atomic E-state index is -0.269. The van der Waals surface area contributed by atoms with Crippen molar-refractivity contribution in [2.45, 2.75) is 44.6 Å². The van der Waals surface area contributed by atoms with Gasteiger partial charge in [0.2, 0.25) is 11.8 Å². The van der Waals surface area contributed by atoms with Crippen LogP contribution >= 0.6 is 0 Å². The Morgan fingerprint density at radius 3 is 2.62 bits per heavy atom. The lowest BCUT2D eigenvalue weighted by Gasteiger charge is -2.31. The molecular formula is C27H32N6O4. The molecule has 2 aliphatic rings. The number of amides is 3. The molecule has 2 aromatic heterocycles. The smallest absolute Gasteiger partial charge is 0.272 e. The number of benzene rings is 1. The monoisotopic (exact) mass is 504 g/mol. The summed E-state index contributed by atoms with van der Waals surface area (Å²) in [6, 6.07) is 7.24. The Balaban J connectivity index is 1.34. The predicted octanol–water partition coefficient (Wildman–Crippen LogP) is 2.90. The van der Waals surface area contributed by atoms with Crippen LogP contribution in [0.15, 0.2) is 30.5 Å². The molecule has 1 aliphatic carbocycles. The number of ether oxygens (including phenoxy) is 1. The molecule has 3 amide bonds. The Morgan fingerprint density at radius 2 is 1.86 bits per heavy atom. The first-order valence-electron chi connectivity index (χ1n) is 12.8. The van der Waals surface area contributed by atoms with Crippen molar-refractivity contribution < 1.29 is 19.1 Å². The number of hydrogen-bond acceptors (Lipinski definition) is 6. The Morgan fingerprint density at radius 1 is 1.05 bits per heavy atom. The van der Waals surface area contributed by atoms with Gasteiger partial charge in [-0.2, -0.15) is 5.10 Å². The van der Waals surface area contributed by atoms with Crippen LogP contribution in [0.5, 0.6) is 5.88 Å². The van der Waals surface area contributed by atoms with Gasteiger partial charge in [-0.1, -0.05) is 12.5 Å². The number of pyridine rings is 1. The molecule has 37 heavy (non-hydrogen) atoms. The van der Waals surface area contributed by atoms with Gasteiger partial charge in [-0.3, -0.25) is 19.5 Å². The molecule has 1 saturated heterocycles. The van der Waals surface area contributed by atoms with E-state index in [4.69, 9.17) is 4.74 Å². The van der Waals surface area contributed by atoms with Gasteiger partial charge in [0.25, 0.3) is 11.8 Å². The van der Waals surface area contributed by atoms with Crippen molar-refractivity contribution in [1.82, 2.24) is 30.7 Å². The first-order chi connectivity index (χ1) is 18.0. The number of carbonyl (C=O) groups excluding carboxylic acids is 3. The molecule has 10 nitrogen and oxygen atoms in total. The zero-order chi connectivity index (χ0) is 25.9. The van der Waals surface area contributed by atoms with Crippen molar-refractivity contribution in [3.8, 4) is 17.0 Å². The third-order valence-corrected chi connectivity index (χ3v) is 7.40. The SMILES string of the molecule is CNC(=O)c1n[nH]c2cc(-c3cnc(OC)c(C(=O)NC4CCCC(C(=O)N5CCCC5)C4)c3)ccc12. The summed E-state index contributed by atoms with van der Waals surface area (Å²) in [5.74, 6) is -0.104. The zero-order valence-electron chi connectivity index (χ0n) is 21.2. The van der Waals surface area contributed by atoms with Crippen molar-refractivity contribution in [3.63, 3.8) is 0 Å². The van der Waals surface area contributed by atoms with E-state index in [0.717, 1.165) is 56.3 Å². The van der Waals surface area contributed by atoms with E-state index in [2.05, 4.69) is 25.8 Å². The maximum atomic E-state index is 13.3. The highest BCUT2D eigenvalue weighted by Crippen LogP contribution is 2.30. The minimum absolute atomic E-state index is 0.0377. The molecule has 3 heterocycles. The summed E-state index contributed by atoms with van der Waals surface area (Å²) in [6.07, 6.45) is 7.08. The largest absolute Gasteiger partial charge is 0.480 e. The third kappa shape index (κ3) is 5.00. The second-order valence-electron chi connectivity index (χ2n) is 9.76. The molecule has 0 radical (unpaired) electrons. The summed E-state index contributed by atoms with van der Waals surface area (Å²) in [5.41, 5.74) is 2.91. The Labute approximate surface area is 215 Å². The van der Waals surface area contributed by atoms with Gasteiger partial charge in [0.15, 0.2) is 5.69 Å². The number of likely N-dealkylation sites (tertiary alicyclic amines) is 1. The van der Waals surface area contributed by atoms with E-state index in [0.29, 0.717) is 28.6 Å². The van der Waals surface area contributed by atoms with Crippen molar-refractivity contribution in [1.29, 1.82) is 0 Å². The van der Waals surface area contributed by atoms with E-state index in [9.17, 15) is 14.4 Å². The summed E-state index contributed by atoms with van der Waals surface area (Å²) >= 11 is 0. The summed E-state index contributed by atoms with van der Waals surface area (Å²) in [7, 11) is 3.05. The van der Waals surface area contributed by atoms with E-state index in [1.165, 1.54) is 7.11 Å². The second kappa shape index (κ2) is 10.6. The van der Waals surface area contributed by atoms with Crippen LogP contribution < -0.4 is 15.4 Å². The highest BCUT2D eigenvalue weighted by atomic mass is 16.5. The fourth-order valence-electron chi connectivity index (χ4n) is 5.43. The average Bonchev–Trinajstić information content (AvgIpc) is 3.62. The molecule has 0 spiro atoms. The number of H-pyrrole nitrogens is 1. The summed E-state index contributed by atoms with van der Waals surface area (Å²) in [6.45, 7) is 1.69. The van der Waals surface area contributed by atoms with Crippen LogP contribution in [0, 0.1) is 5.92 Å². The molecule has 3 N–H and O–H groups in total. The van der Waals surface area contributed by atoms with Crippen LogP contribution in [0.3, 0.4) is 0 Å². The fourth-order valence-corrected chi connectivity index (χ4v) is 5.43. The number of carbonyl (C=O) groups is 3. The molecule has 3 aromatic rings. The molecule has 2 unspecified atom stereocenters. The molecular weight excluding hydrogens is 472 g/mol. The van der Waals surface area contributed by atoms with E-state index < -0.39 is 0 Å². The van der Waals surface area contributed by atoms with Crippen molar-refractivity contribution in [3.05, 3.63) is 41.7 Å². The van der Waals surface area contributed by atoms with Gasteiger partial charge >= 0.3 is 0 Å². The maximum absolute atomic E-state index is 13.3. The molecule has 2 atom stereocenters. The van der Waals surface area contributed by atoms with Gasteiger partial charge in [0.1, 0.15) is 5.56 Å². The number of hydrogen-bond donors (Lipinski definition) is 3. The first kappa shape index (κ1) is 24.7. The molecule has 1 saturated carbocycles. The van der Waals surface area contributed by atoms with Crippen molar-refractivity contribution in [2.24, 2.45) is 5.92 Å². The normalized spacial score (nSPS) is 19.6. The number of aromatic amines is 1. The number of nitrogens with one attached hydrogen (secondary N) is 3. The molecule has 194 valence electrons. The van der Waals surface area contributed by atoms with Gasteiger partial charge < -0.3 is 20.3 Å². The number of methoxy groups -OCH3 is 1. The molecule has 2 fully saturated rings. The molecule has 1 aliphatic heterocycles. The highest BCUT2D eigenvalue weighted by Gasteiger charge is 2.32. The Kier molecular flexibility index (Phi) is 7.07. The Hall–Kier alpha value is -3.95. The van der Waals surface area contributed by atoms with Crippen LogP contribution in [0.25, 0.3) is 22.0 Å². The number of rotatable bonds is 6. The molecule has 5 rings (SSSR count).